The van der Waals surface area contributed by atoms with Crippen LogP contribution in [0.3, 0.4) is 0 Å². The topological polar surface area (TPSA) is 89.9 Å². The molecule has 0 unspecified atom stereocenters. The molecular weight excluding hydrogens is 412 g/mol. The molecule has 1 aliphatic heterocycles. The van der Waals surface area contributed by atoms with E-state index in [9.17, 15) is 0 Å². The third-order valence-electron chi connectivity index (χ3n) is 5.44. The van der Waals surface area contributed by atoms with Gasteiger partial charge >= 0.3 is 0 Å². The first-order valence-electron chi connectivity index (χ1n) is 10.2. The number of rotatable bonds is 7. The number of thiazole rings is 1. The lowest BCUT2D eigenvalue weighted by molar-refractivity contribution is 0.184. The average Bonchev–Trinajstić information content (AvgIpc) is 3.59. The second kappa shape index (κ2) is 8.52. The number of methoxy groups -OCH3 is 1. The van der Waals surface area contributed by atoms with Crippen LogP contribution in [0.5, 0.6) is 5.75 Å². The number of benzene rings is 1. The molecule has 1 saturated heterocycles. The van der Waals surface area contributed by atoms with E-state index in [1.165, 1.54) is 0 Å². The molecule has 31 heavy (non-hydrogen) atoms. The summed E-state index contributed by atoms with van der Waals surface area (Å²) in [5.41, 5.74) is 5.05. The third kappa shape index (κ3) is 4.06. The highest BCUT2D eigenvalue weighted by Crippen LogP contribution is 2.33. The second-order valence-electron chi connectivity index (χ2n) is 7.48. The average molecular weight is 437 g/mol. The van der Waals surface area contributed by atoms with Crippen molar-refractivity contribution in [3.63, 3.8) is 0 Å². The molecule has 8 nitrogen and oxygen atoms in total. The molecule has 1 aromatic carbocycles. The number of hydrogen-bond donors (Lipinski definition) is 2. The Morgan fingerprint density at radius 3 is 2.94 bits per heavy atom. The van der Waals surface area contributed by atoms with Crippen LogP contribution in [0.15, 0.2) is 42.7 Å². The minimum Gasteiger partial charge on any atom is -0.497 e. The van der Waals surface area contributed by atoms with Crippen molar-refractivity contribution >= 4 is 16.5 Å². The Balaban J connectivity index is 1.30. The van der Waals surface area contributed by atoms with Gasteiger partial charge in [0.25, 0.3) is 0 Å². The number of nitrogens with zero attached hydrogens (tertiary/aromatic N) is 4. The van der Waals surface area contributed by atoms with E-state index in [0.29, 0.717) is 12.6 Å². The molecular formula is C22H24N6O2S. The summed E-state index contributed by atoms with van der Waals surface area (Å²) in [5, 5.41) is 16.4. The largest absolute Gasteiger partial charge is 0.497 e. The lowest BCUT2D eigenvalue weighted by Crippen LogP contribution is -2.08. The van der Waals surface area contributed by atoms with Crippen molar-refractivity contribution in [2.24, 2.45) is 0 Å². The van der Waals surface area contributed by atoms with Gasteiger partial charge in [-0.2, -0.15) is 10.2 Å². The fourth-order valence-corrected chi connectivity index (χ4v) is 4.65. The van der Waals surface area contributed by atoms with Crippen LogP contribution in [-0.4, -0.2) is 45.3 Å². The van der Waals surface area contributed by atoms with E-state index in [1.54, 1.807) is 18.4 Å². The van der Waals surface area contributed by atoms with Gasteiger partial charge < -0.3 is 14.8 Å². The minimum atomic E-state index is 0.331. The van der Waals surface area contributed by atoms with Gasteiger partial charge in [0, 0.05) is 30.5 Å². The van der Waals surface area contributed by atoms with Crippen LogP contribution in [0.1, 0.15) is 23.7 Å². The number of anilines is 1. The molecule has 1 fully saturated rings. The summed E-state index contributed by atoms with van der Waals surface area (Å²) in [6.07, 6.45) is 4.89. The fraction of sp³-hybridized carbons (Fsp3) is 0.318. The molecule has 160 valence electrons. The summed E-state index contributed by atoms with van der Waals surface area (Å²) in [7, 11) is 1.67. The van der Waals surface area contributed by atoms with Gasteiger partial charge in [0.05, 0.1) is 42.2 Å². The SMILES string of the molecule is COc1ccc(-c2[nH]ncc2CNc2nc(C)c(-c3ccn([C@H]4CCOC4)n3)s2)cc1. The molecule has 1 atom stereocenters. The van der Waals surface area contributed by atoms with Gasteiger partial charge in [-0.1, -0.05) is 11.3 Å². The van der Waals surface area contributed by atoms with Crippen molar-refractivity contribution in [1.29, 1.82) is 0 Å². The van der Waals surface area contributed by atoms with E-state index in [2.05, 4.69) is 21.6 Å². The van der Waals surface area contributed by atoms with Crippen molar-refractivity contribution in [3.8, 4) is 27.6 Å². The van der Waals surface area contributed by atoms with Gasteiger partial charge in [0.15, 0.2) is 5.13 Å². The monoisotopic (exact) mass is 436 g/mol. The van der Waals surface area contributed by atoms with E-state index < -0.39 is 0 Å². The van der Waals surface area contributed by atoms with Crippen LogP contribution in [0, 0.1) is 6.92 Å². The molecule has 5 rings (SSSR count). The third-order valence-corrected chi connectivity index (χ3v) is 6.58. The molecule has 2 N–H and O–H groups in total. The highest BCUT2D eigenvalue weighted by Gasteiger charge is 2.20. The van der Waals surface area contributed by atoms with Gasteiger partial charge in [-0.15, -0.1) is 0 Å². The van der Waals surface area contributed by atoms with Crippen LogP contribution in [0.4, 0.5) is 5.13 Å². The highest BCUT2D eigenvalue weighted by molar-refractivity contribution is 7.19. The molecule has 0 aliphatic carbocycles. The van der Waals surface area contributed by atoms with E-state index in [-0.39, 0.29) is 0 Å². The highest BCUT2D eigenvalue weighted by atomic mass is 32.1. The van der Waals surface area contributed by atoms with Crippen LogP contribution < -0.4 is 10.1 Å². The molecule has 4 heterocycles. The molecule has 0 saturated carbocycles. The lowest BCUT2D eigenvalue weighted by Gasteiger charge is -2.06. The van der Waals surface area contributed by atoms with Gasteiger partial charge in [-0.25, -0.2) is 4.98 Å². The Kier molecular flexibility index (Phi) is 5.44. The molecule has 0 radical (unpaired) electrons. The van der Waals surface area contributed by atoms with E-state index >= 15 is 0 Å². The van der Waals surface area contributed by atoms with E-state index in [0.717, 1.165) is 63.6 Å². The maximum absolute atomic E-state index is 5.48. The molecule has 9 heteroatoms. The van der Waals surface area contributed by atoms with E-state index in [4.69, 9.17) is 19.6 Å². The van der Waals surface area contributed by atoms with Gasteiger partial charge in [-0.05, 0) is 43.7 Å². The lowest BCUT2D eigenvalue weighted by atomic mass is 10.1. The quantitative estimate of drug-likeness (QED) is 0.449. The summed E-state index contributed by atoms with van der Waals surface area (Å²) in [4.78, 5) is 5.79. The number of hydrogen-bond acceptors (Lipinski definition) is 7. The van der Waals surface area contributed by atoms with Crippen molar-refractivity contribution in [2.45, 2.75) is 25.9 Å². The number of aromatic nitrogens is 5. The van der Waals surface area contributed by atoms with Crippen molar-refractivity contribution in [1.82, 2.24) is 25.0 Å². The normalized spacial score (nSPS) is 16.0. The van der Waals surface area contributed by atoms with Crippen LogP contribution in [0.2, 0.25) is 0 Å². The summed E-state index contributed by atoms with van der Waals surface area (Å²) >= 11 is 1.62. The fourth-order valence-electron chi connectivity index (χ4n) is 3.73. The number of aryl methyl sites for hydroxylation is 1. The summed E-state index contributed by atoms with van der Waals surface area (Å²) in [6, 6.07) is 10.3. The van der Waals surface area contributed by atoms with Crippen molar-refractivity contribution < 1.29 is 9.47 Å². The second-order valence-corrected chi connectivity index (χ2v) is 8.48. The maximum atomic E-state index is 5.48. The first kappa shape index (κ1) is 19.8. The molecule has 3 aromatic heterocycles. The van der Waals surface area contributed by atoms with Crippen LogP contribution in [0.25, 0.3) is 21.8 Å². The summed E-state index contributed by atoms with van der Waals surface area (Å²) < 4.78 is 12.7. The predicted octanol–water partition coefficient (Wildman–Crippen LogP) is 4.29. The first-order valence-corrected chi connectivity index (χ1v) is 11.0. The van der Waals surface area contributed by atoms with Crippen molar-refractivity contribution in [3.05, 3.63) is 54.0 Å². The van der Waals surface area contributed by atoms with Gasteiger partial charge in [0.1, 0.15) is 11.4 Å². The molecule has 1 aliphatic rings. The Labute approximate surface area is 184 Å². The summed E-state index contributed by atoms with van der Waals surface area (Å²) in [5.74, 6) is 0.830. The van der Waals surface area contributed by atoms with E-state index in [1.807, 2.05) is 48.3 Å². The zero-order valence-corrected chi connectivity index (χ0v) is 18.3. The first-order chi connectivity index (χ1) is 15.2. The number of ether oxygens (including phenoxy) is 2. The molecule has 4 aromatic rings. The Bertz CT molecular complexity index is 1160. The zero-order valence-electron chi connectivity index (χ0n) is 17.5. The number of aromatic amines is 1. The predicted molar refractivity (Wildman–Crippen MR) is 120 cm³/mol. The molecule has 0 bridgehead atoms. The smallest absolute Gasteiger partial charge is 0.183 e. The van der Waals surface area contributed by atoms with Gasteiger partial charge in [0.2, 0.25) is 0 Å². The molecule has 0 spiro atoms. The summed E-state index contributed by atoms with van der Waals surface area (Å²) in [6.45, 7) is 4.18. The zero-order chi connectivity index (χ0) is 21.2. The Morgan fingerprint density at radius 1 is 1.29 bits per heavy atom. The van der Waals surface area contributed by atoms with Crippen molar-refractivity contribution in [2.75, 3.05) is 25.6 Å². The number of H-pyrrole nitrogens is 1. The maximum Gasteiger partial charge on any atom is 0.183 e. The number of nitrogens with one attached hydrogen (secondary N) is 2. The minimum absolute atomic E-state index is 0.331. The van der Waals surface area contributed by atoms with Crippen LogP contribution >= 0.6 is 11.3 Å². The Morgan fingerprint density at radius 2 is 2.16 bits per heavy atom. The molecule has 0 amide bonds. The van der Waals surface area contributed by atoms with Crippen LogP contribution in [-0.2, 0) is 11.3 Å². The standard InChI is InChI=1S/C22H24N6O2S/c1-14-21(19-7-9-28(27-19)17-8-10-30-13-17)31-22(25-14)23-11-16-12-24-26-20(16)15-3-5-18(29-2)6-4-15/h3-7,9,12,17H,8,10-11,13H2,1-2H3,(H,23,25)(H,24,26)/t17-/m0/s1. The van der Waals surface area contributed by atoms with Gasteiger partial charge in [-0.3, -0.25) is 9.78 Å². The Hall–Kier alpha value is -3.17.